The van der Waals surface area contributed by atoms with Gasteiger partial charge in [0.1, 0.15) is 5.82 Å². The molecule has 0 aliphatic carbocycles. The van der Waals surface area contributed by atoms with Gasteiger partial charge in [-0.1, -0.05) is 41.9 Å². The van der Waals surface area contributed by atoms with Gasteiger partial charge in [-0.25, -0.2) is 12.8 Å². The first-order chi connectivity index (χ1) is 8.49. The van der Waals surface area contributed by atoms with Gasteiger partial charge in [0.05, 0.1) is 15.7 Å². The van der Waals surface area contributed by atoms with E-state index in [0.717, 1.165) is 12.1 Å². The number of hydrogen-bond donors (Lipinski definition) is 0. The molecule has 0 aromatic heterocycles. The largest absolute Gasteiger partial charge is 0.223 e. The Morgan fingerprint density at radius 1 is 1.06 bits per heavy atom. The lowest BCUT2D eigenvalue weighted by Gasteiger charge is -2.05. The van der Waals surface area contributed by atoms with E-state index in [0.29, 0.717) is 5.56 Å². The van der Waals surface area contributed by atoms with Crippen LogP contribution in [0.3, 0.4) is 0 Å². The average molecular weight is 285 g/mol. The number of halogens is 2. The van der Waals surface area contributed by atoms with Crippen molar-refractivity contribution in [3.05, 3.63) is 64.9 Å². The van der Waals surface area contributed by atoms with E-state index in [4.69, 9.17) is 11.6 Å². The van der Waals surface area contributed by atoms with Gasteiger partial charge in [-0.15, -0.1) is 0 Å². The highest BCUT2D eigenvalue weighted by molar-refractivity contribution is 7.90. The maximum Gasteiger partial charge on any atom is 0.182 e. The molecule has 0 radical (unpaired) electrons. The van der Waals surface area contributed by atoms with Crippen molar-refractivity contribution in [1.29, 1.82) is 0 Å². The van der Waals surface area contributed by atoms with Crippen molar-refractivity contribution in [1.82, 2.24) is 0 Å². The lowest BCUT2D eigenvalue weighted by molar-refractivity contribution is 0.594. The van der Waals surface area contributed by atoms with Crippen molar-refractivity contribution in [2.75, 3.05) is 0 Å². The zero-order chi connectivity index (χ0) is 13.2. The van der Waals surface area contributed by atoms with Crippen LogP contribution in [0.1, 0.15) is 5.56 Å². The summed E-state index contributed by atoms with van der Waals surface area (Å²) in [6.07, 6.45) is 0. The predicted molar refractivity (Wildman–Crippen MR) is 68.7 cm³/mol. The van der Waals surface area contributed by atoms with Crippen molar-refractivity contribution in [2.45, 2.75) is 10.6 Å². The van der Waals surface area contributed by atoms with Crippen molar-refractivity contribution in [3.8, 4) is 0 Å². The summed E-state index contributed by atoms with van der Waals surface area (Å²) in [6, 6.07) is 12.2. The van der Waals surface area contributed by atoms with Gasteiger partial charge in [-0.3, -0.25) is 0 Å². The molecule has 0 saturated carbocycles. The Kier molecular flexibility index (Phi) is 3.68. The third-order valence-corrected chi connectivity index (χ3v) is 4.42. The second-order valence-corrected chi connectivity index (χ2v) is 6.22. The molecule has 0 amide bonds. The third-order valence-electron chi connectivity index (χ3n) is 2.45. The first-order valence-corrected chi connectivity index (χ1v) is 7.24. The quantitative estimate of drug-likeness (QED) is 0.809. The van der Waals surface area contributed by atoms with E-state index < -0.39 is 15.7 Å². The van der Waals surface area contributed by atoms with Gasteiger partial charge in [0.15, 0.2) is 9.84 Å². The van der Waals surface area contributed by atoms with Crippen molar-refractivity contribution in [2.24, 2.45) is 0 Å². The van der Waals surface area contributed by atoms with Crippen LogP contribution in [0.25, 0.3) is 0 Å². The van der Waals surface area contributed by atoms with E-state index in [-0.39, 0.29) is 15.7 Å². The first kappa shape index (κ1) is 13.1. The number of hydrogen-bond acceptors (Lipinski definition) is 2. The van der Waals surface area contributed by atoms with Crippen LogP contribution in [0.4, 0.5) is 4.39 Å². The van der Waals surface area contributed by atoms with E-state index in [1.165, 1.54) is 6.07 Å². The summed E-state index contributed by atoms with van der Waals surface area (Å²) >= 11 is 5.58. The number of rotatable bonds is 3. The molecule has 94 valence electrons. The SMILES string of the molecule is O=S(=O)(Cc1ccccc1)c1ccc(F)c(Cl)c1. The van der Waals surface area contributed by atoms with Gasteiger partial charge in [0, 0.05) is 0 Å². The molecule has 0 atom stereocenters. The zero-order valence-corrected chi connectivity index (χ0v) is 10.9. The molecule has 0 unspecified atom stereocenters. The Morgan fingerprint density at radius 2 is 1.72 bits per heavy atom. The summed E-state index contributed by atoms with van der Waals surface area (Å²) in [7, 11) is -3.50. The van der Waals surface area contributed by atoms with Gasteiger partial charge in [-0.2, -0.15) is 0 Å². The maximum absolute atomic E-state index is 13.0. The van der Waals surface area contributed by atoms with E-state index in [1.807, 2.05) is 6.07 Å². The molecule has 5 heteroatoms. The molecular weight excluding hydrogens is 275 g/mol. The first-order valence-electron chi connectivity index (χ1n) is 5.21. The molecule has 0 fully saturated rings. The van der Waals surface area contributed by atoms with E-state index in [9.17, 15) is 12.8 Å². The summed E-state index contributed by atoms with van der Waals surface area (Å²) in [5, 5.41) is -0.191. The summed E-state index contributed by atoms with van der Waals surface area (Å²) in [4.78, 5) is 0.0257. The fourth-order valence-electron chi connectivity index (χ4n) is 1.55. The Balaban J connectivity index is 2.34. The molecule has 0 spiro atoms. The molecule has 0 aliphatic rings. The minimum Gasteiger partial charge on any atom is -0.223 e. The van der Waals surface area contributed by atoms with Crippen LogP contribution in [0.5, 0.6) is 0 Å². The molecule has 2 aromatic rings. The van der Waals surface area contributed by atoms with Gasteiger partial charge in [0.25, 0.3) is 0 Å². The molecular formula is C13H10ClFO2S. The van der Waals surface area contributed by atoms with Gasteiger partial charge >= 0.3 is 0 Å². The smallest absolute Gasteiger partial charge is 0.182 e. The molecule has 18 heavy (non-hydrogen) atoms. The number of sulfone groups is 1. The molecule has 2 aromatic carbocycles. The molecule has 2 nitrogen and oxygen atoms in total. The molecule has 0 saturated heterocycles. The van der Waals surface area contributed by atoms with Crippen LogP contribution in [-0.4, -0.2) is 8.42 Å². The lowest BCUT2D eigenvalue weighted by Crippen LogP contribution is -2.05. The van der Waals surface area contributed by atoms with Crippen LogP contribution in [0, 0.1) is 5.82 Å². The summed E-state index contributed by atoms with van der Waals surface area (Å²) in [5.74, 6) is -0.758. The summed E-state index contributed by atoms with van der Waals surface area (Å²) in [5.41, 5.74) is 0.679. The second-order valence-electron chi connectivity index (χ2n) is 3.82. The Morgan fingerprint density at radius 3 is 2.33 bits per heavy atom. The number of benzene rings is 2. The molecule has 0 N–H and O–H groups in total. The van der Waals surface area contributed by atoms with E-state index in [2.05, 4.69) is 0 Å². The van der Waals surface area contributed by atoms with Crippen molar-refractivity contribution >= 4 is 21.4 Å². The van der Waals surface area contributed by atoms with Gasteiger partial charge in [-0.05, 0) is 23.8 Å². The Bertz CT molecular complexity index is 654. The highest BCUT2D eigenvalue weighted by Gasteiger charge is 2.16. The monoisotopic (exact) mass is 284 g/mol. The lowest BCUT2D eigenvalue weighted by atomic mass is 10.2. The predicted octanol–water partition coefficient (Wildman–Crippen LogP) is 3.45. The Hall–Kier alpha value is -1.39. The van der Waals surface area contributed by atoms with Crippen molar-refractivity contribution < 1.29 is 12.8 Å². The second kappa shape index (κ2) is 5.08. The summed E-state index contributed by atoms with van der Waals surface area (Å²) in [6.45, 7) is 0. The van der Waals surface area contributed by atoms with E-state index >= 15 is 0 Å². The average Bonchev–Trinajstić information content (AvgIpc) is 2.33. The topological polar surface area (TPSA) is 34.1 Å². The van der Waals surface area contributed by atoms with Crippen LogP contribution in [0.2, 0.25) is 5.02 Å². The van der Waals surface area contributed by atoms with Crippen LogP contribution < -0.4 is 0 Å². The fourth-order valence-corrected chi connectivity index (χ4v) is 3.16. The Labute approximate surface area is 110 Å². The standard InChI is InChI=1S/C13H10ClFO2S/c14-12-8-11(6-7-13(12)15)18(16,17)9-10-4-2-1-3-5-10/h1-8H,9H2. The maximum atomic E-state index is 13.0. The zero-order valence-electron chi connectivity index (χ0n) is 9.31. The normalized spacial score (nSPS) is 11.4. The molecule has 0 aliphatic heterocycles. The van der Waals surface area contributed by atoms with Crippen molar-refractivity contribution in [3.63, 3.8) is 0 Å². The summed E-state index contributed by atoms with van der Waals surface area (Å²) < 4.78 is 37.2. The fraction of sp³-hybridized carbons (Fsp3) is 0.0769. The molecule has 0 bridgehead atoms. The van der Waals surface area contributed by atoms with Crippen LogP contribution in [-0.2, 0) is 15.6 Å². The van der Waals surface area contributed by atoms with Crippen LogP contribution >= 0.6 is 11.6 Å². The van der Waals surface area contributed by atoms with E-state index in [1.54, 1.807) is 24.3 Å². The van der Waals surface area contributed by atoms with Gasteiger partial charge in [0.2, 0.25) is 0 Å². The minimum atomic E-state index is -3.50. The third kappa shape index (κ3) is 2.89. The molecule has 0 heterocycles. The highest BCUT2D eigenvalue weighted by Crippen LogP contribution is 2.22. The van der Waals surface area contributed by atoms with Gasteiger partial charge < -0.3 is 0 Å². The minimum absolute atomic E-state index is 0.0257. The highest BCUT2D eigenvalue weighted by atomic mass is 35.5. The molecule has 2 rings (SSSR count). The van der Waals surface area contributed by atoms with Crippen LogP contribution in [0.15, 0.2) is 53.4 Å².